The molecule has 0 spiro atoms. The number of hydrogen-bond acceptors (Lipinski definition) is 2. The number of aromatic carboxylic acids is 1. The van der Waals surface area contributed by atoms with Crippen LogP contribution >= 0.6 is 15.9 Å². The first-order valence-corrected chi connectivity index (χ1v) is 6.36. The van der Waals surface area contributed by atoms with Crippen LogP contribution in [0, 0.1) is 11.6 Å². The molecule has 3 nitrogen and oxygen atoms in total. The number of carboxylic acids is 1. The molecular formula is C14H9BrF2O3. The van der Waals surface area contributed by atoms with Gasteiger partial charge >= 0.3 is 5.97 Å². The quantitative estimate of drug-likeness (QED) is 0.913. The molecule has 0 aliphatic rings. The molecule has 0 aliphatic carbocycles. The van der Waals surface area contributed by atoms with E-state index >= 15 is 0 Å². The fraction of sp³-hybridized carbons (Fsp3) is 0.0714. The summed E-state index contributed by atoms with van der Waals surface area (Å²) in [4.78, 5) is 11.0. The minimum Gasteiger partial charge on any atom is -0.488 e. The van der Waals surface area contributed by atoms with E-state index in [1.807, 2.05) is 0 Å². The topological polar surface area (TPSA) is 46.5 Å². The summed E-state index contributed by atoms with van der Waals surface area (Å²) in [6, 6.07) is 7.38. The standard InChI is InChI=1S/C14H9BrF2O3/c15-9-1-4-12(17)8(5-9)7-20-13-6-10(16)2-3-11(13)14(18)19/h1-6H,7H2,(H,18,19). The molecule has 0 fully saturated rings. The Morgan fingerprint density at radius 3 is 2.65 bits per heavy atom. The number of ether oxygens (including phenoxy) is 1. The third-order valence-electron chi connectivity index (χ3n) is 2.57. The van der Waals surface area contributed by atoms with Crippen LogP contribution in [-0.2, 0) is 6.61 Å². The van der Waals surface area contributed by atoms with Gasteiger partial charge in [0.15, 0.2) is 0 Å². The van der Waals surface area contributed by atoms with Gasteiger partial charge in [0.1, 0.15) is 29.6 Å². The van der Waals surface area contributed by atoms with Gasteiger partial charge in [-0.25, -0.2) is 13.6 Å². The number of benzene rings is 2. The summed E-state index contributed by atoms with van der Waals surface area (Å²) < 4.78 is 32.5. The Morgan fingerprint density at radius 1 is 1.20 bits per heavy atom. The van der Waals surface area contributed by atoms with Gasteiger partial charge in [0.25, 0.3) is 0 Å². The molecule has 0 aromatic heterocycles. The van der Waals surface area contributed by atoms with Gasteiger partial charge in [-0.15, -0.1) is 0 Å². The summed E-state index contributed by atoms with van der Waals surface area (Å²) in [7, 11) is 0. The van der Waals surface area contributed by atoms with Gasteiger partial charge < -0.3 is 9.84 Å². The molecular weight excluding hydrogens is 334 g/mol. The lowest BCUT2D eigenvalue weighted by Gasteiger charge is -2.10. The third kappa shape index (κ3) is 3.33. The predicted octanol–water partition coefficient (Wildman–Crippen LogP) is 4.00. The van der Waals surface area contributed by atoms with Crippen LogP contribution in [0.2, 0.25) is 0 Å². The molecule has 0 amide bonds. The van der Waals surface area contributed by atoms with Crippen LogP contribution in [0.4, 0.5) is 8.78 Å². The van der Waals surface area contributed by atoms with Gasteiger partial charge in [0, 0.05) is 16.1 Å². The Labute approximate surface area is 121 Å². The first kappa shape index (κ1) is 14.5. The normalized spacial score (nSPS) is 10.3. The number of rotatable bonds is 4. The Balaban J connectivity index is 2.24. The van der Waals surface area contributed by atoms with Crippen molar-refractivity contribution in [2.75, 3.05) is 0 Å². The molecule has 2 aromatic carbocycles. The molecule has 0 saturated heterocycles. The predicted molar refractivity (Wildman–Crippen MR) is 71.8 cm³/mol. The molecule has 0 saturated carbocycles. The maximum absolute atomic E-state index is 13.5. The molecule has 104 valence electrons. The Bertz CT molecular complexity index is 659. The van der Waals surface area contributed by atoms with Crippen molar-refractivity contribution in [2.24, 2.45) is 0 Å². The second-order valence-electron chi connectivity index (χ2n) is 3.97. The van der Waals surface area contributed by atoms with Crippen LogP contribution in [0.15, 0.2) is 40.9 Å². The van der Waals surface area contributed by atoms with Gasteiger partial charge in [-0.1, -0.05) is 15.9 Å². The largest absolute Gasteiger partial charge is 0.488 e. The van der Waals surface area contributed by atoms with Crippen molar-refractivity contribution in [3.63, 3.8) is 0 Å². The molecule has 0 heterocycles. The van der Waals surface area contributed by atoms with E-state index in [0.717, 1.165) is 18.2 Å². The second-order valence-corrected chi connectivity index (χ2v) is 4.89. The van der Waals surface area contributed by atoms with Crippen molar-refractivity contribution < 1.29 is 23.4 Å². The molecule has 1 N–H and O–H groups in total. The van der Waals surface area contributed by atoms with Gasteiger partial charge in [-0.05, 0) is 30.3 Å². The SMILES string of the molecule is O=C(O)c1ccc(F)cc1OCc1cc(Br)ccc1F. The molecule has 0 bridgehead atoms. The molecule has 2 rings (SSSR count). The number of halogens is 3. The molecule has 0 unspecified atom stereocenters. The van der Waals surface area contributed by atoms with E-state index in [-0.39, 0.29) is 23.5 Å². The average molecular weight is 343 g/mol. The van der Waals surface area contributed by atoms with Crippen LogP contribution in [0.1, 0.15) is 15.9 Å². The van der Waals surface area contributed by atoms with Crippen molar-refractivity contribution >= 4 is 21.9 Å². The van der Waals surface area contributed by atoms with E-state index in [4.69, 9.17) is 9.84 Å². The summed E-state index contributed by atoms with van der Waals surface area (Å²) in [5, 5.41) is 8.97. The van der Waals surface area contributed by atoms with Crippen molar-refractivity contribution in [1.29, 1.82) is 0 Å². The summed E-state index contributed by atoms with van der Waals surface area (Å²) in [6.45, 7) is -0.199. The van der Waals surface area contributed by atoms with Gasteiger partial charge in [-0.3, -0.25) is 0 Å². The Hall–Kier alpha value is -1.95. The van der Waals surface area contributed by atoms with Crippen LogP contribution in [-0.4, -0.2) is 11.1 Å². The molecule has 20 heavy (non-hydrogen) atoms. The number of carboxylic acid groups (broad SMARTS) is 1. The minimum absolute atomic E-state index is 0.142. The highest BCUT2D eigenvalue weighted by molar-refractivity contribution is 9.10. The fourth-order valence-corrected chi connectivity index (χ4v) is 2.01. The van der Waals surface area contributed by atoms with Crippen LogP contribution in [0.25, 0.3) is 0 Å². The lowest BCUT2D eigenvalue weighted by Crippen LogP contribution is -2.05. The van der Waals surface area contributed by atoms with E-state index in [0.29, 0.717) is 4.47 Å². The number of hydrogen-bond donors (Lipinski definition) is 1. The van der Waals surface area contributed by atoms with E-state index in [9.17, 15) is 13.6 Å². The van der Waals surface area contributed by atoms with E-state index in [1.54, 1.807) is 0 Å². The smallest absolute Gasteiger partial charge is 0.339 e. The summed E-state index contributed by atoms with van der Waals surface area (Å²) in [5.74, 6) is -2.49. The van der Waals surface area contributed by atoms with E-state index in [2.05, 4.69) is 15.9 Å². The summed E-state index contributed by atoms with van der Waals surface area (Å²) >= 11 is 3.20. The molecule has 2 aromatic rings. The monoisotopic (exact) mass is 342 g/mol. The zero-order chi connectivity index (χ0) is 14.7. The van der Waals surface area contributed by atoms with Crippen molar-refractivity contribution in [1.82, 2.24) is 0 Å². The van der Waals surface area contributed by atoms with Crippen molar-refractivity contribution in [3.8, 4) is 5.75 Å². The maximum atomic E-state index is 13.5. The zero-order valence-electron chi connectivity index (χ0n) is 10.1. The first-order valence-electron chi connectivity index (χ1n) is 5.57. The van der Waals surface area contributed by atoms with Gasteiger partial charge in [0.2, 0.25) is 0 Å². The lowest BCUT2D eigenvalue weighted by molar-refractivity contribution is 0.0691. The maximum Gasteiger partial charge on any atom is 0.339 e. The van der Waals surface area contributed by atoms with Crippen LogP contribution in [0.3, 0.4) is 0 Å². The Kier molecular flexibility index (Phi) is 4.34. The van der Waals surface area contributed by atoms with Crippen molar-refractivity contribution in [2.45, 2.75) is 6.61 Å². The highest BCUT2D eigenvalue weighted by atomic mass is 79.9. The van der Waals surface area contributed by atoms with E-state index < -0.39 is 17.6 Å². The highest BCUT2D eigenvalue weighted by Crippen LogP contribution is 2.23. The summed E-state index contributed by atoms with van der Waals surface area (Å²) in [5.41, 5.74) is 0.0572. The van der Waals surface area contributed by atoms with E-state index in [1.165, 1.54) is 18.2 Å². The first-order chi connectivity index (χ1) is 9.47. The van der Waals surface area contributed by atoms with Crippen LogP contribution in [0.5, 0.6) is 5.75 Å². The highest BCUT2D eigenvalue weighted by Gasteiger charge is 2.13. The van der Waals surface area contributed by atoms with Gasteiger partial charge in [0.05, 0.1) is 0 Å². The fourth-order valence-electron chi connectivity index (χ4n) is 1.60. The third-order valence-corrected chi connectivity index (χ3v) is 3.06. The molecule has 0 aliphatic heterocycles. The minimum atomic E-state index is -1.24. The molecule has 6 heteroatoms. The number of carbonyl (C=O) groups is 1. The second kappa shape index (κ2) is 6.00. The molecule has 0 radical (unpaired) electrons. The lowest BCUT2D eigenvalue weighted by atomic mass is 10.2. The zero-order valence-corrected chi connectivity index (χ0v) is 11.7. The van der Waals surface area contributed by atoms with Crippen LogP contribution < -0.4 is 4.74 Å². The molecule has 0 atom stereocenters. The van der Waals surface area contributed by atoms with Gasteiger partial charge in [-0.2, -0.15) is 0 Å². The average Bonchev–Trinajstić information content (AvgIpc) is 2.39. The Morgan fingerprint density at radius 2 is 1.95 bits per heavy atom. The summed E-state index contributed by atoms with van der Waals surface area (Å²) in [6.07, 6.45) is 0. The van der Waals surface area contributed by atoms with Crippen molar-refractivity contribution in [3.05, 3.63) is 63.6 Å².